The van der Waals surface area contributed by atoms with Crippen molar-refractivity contribution in [1.29, 1.82) is 0 Å². The van der Waals surface area contributed by atoms with Gasteiger partial charge in [0.25, 0.3) is 0 Å². The van der Waals surface area contributed by atoms with Crippen LogP contribution in [0.3, 0.4) is 0 Å². The third-order valence-corrected chi connectivity index (χ3v) is 0. The van der Waals surface area contributed by atoms with Gasteiger partial charge in [0.15, 0.2) is 4.75 Å². The van der Waals surface area contributed by atoms with Gasteiger partial charge in [0.05, 0.1) is 0 Å². The molecule has 0 aromatic carbocycles. The molecule has 0 atom stereocenters. The molecule has 5 heteroatoms. The molecule has 0 aromatic heterocycles. The van der Waals surface area contributed by atoms with E-state index in [-0.39, 0.29) is 17.9 Å². The molecule has 0 spiro atoms. The second-order valence-corrected chi connectivity index (χ2v) is 0.0680. The topological polar surface area (TPSA) is 82.9 Å². The first-order chi connectivity index (χ1) is 1.41. The van der Waals surface area contributed by atoms with Crippen molar-refractivity contribution in [2.45, 2.75) is 0 Å². The Labute approximate surface area is 34.0 Å². The lowest BCUT2D eigenvalue weighted by Crippen LogP contribution is -1.82. The fourth-order valence-electron chi connectivity index (χ4n) is 0. The van der Waals surface area contributed by atoms with Crippen molar-refractivity contribution in [3.05, 3.63) is 9.71 Å². The highest BCUT2D eigenvalue weighted by molar-refractivity contribution is 5.85. The highest BCUT2D eigenvalue weighted by Crippen LogP contribution is 1.00. The van der Waals surface area contributed by atoms with Crippen LogP contribution in [0.1, 0.15) is 0 Å². The van der Waals surface area contributed by atoms with Crippen LogP contribution in [0.2, 0.25) is 0 Å². The van der Waals surface area contributed by atoms with Gasteiger partial charge in [-0.3, -0.25) is 0 Å². The minimum atomic E-state index is 0. The zero-order valence-corrected chi connectivity index (χ0v) is 2.95. The normalized spacial score (nSPS) is 2.40. The van der Waals surface area contributed by atoms with Crippen molar-refractivity contribution in [1.82, 2.24) is 0 Å². The molecule has 0 saturated heterocycles. The molecule has 0 aromatic rings. The first kappa shape index (κ1) is 22.8. The summed E-state index contributed by atoms with van der Waals surface area (Å²) in [6.07, 6.45) is 0. The van der Waals surface area contributed by atoms with Crippen LogP contribution in [-0.4, -0.2) is 5.48 Å². The predicted molar refractivity (Wildman–Crippen MR) is 17.6 cm³/mol. The molecule has 0 saturated carbocycles. The molecule has 4 nitrogen and oxygen atoms in total. The Bertz CT molecular complexity index is 11.1. The van der Waals surface area contributed by atoms with Gasteiger partial charge in [0.1, 0.15) is 0 Å². The van der Waals surface area contributed by atoms with E-state index in [4.69, 9.17) is 10.2 Å². The van der Waals surface area contributed by atoms with Crippen LogP contribution < -0.4 is 5.26 Å². The first-order valence-electron chi connectivity index (χ1n) is 0.333. The van der Waals surface area contributed by atoms with Crippen LogP contribution in [0.15, 0.2) is 0 Å². The van der Waals surface area contributed by atoms with E-state index < -0.39 is 0 Å². The molecule has 0 amide bonds. The van der Waals surface area contributed by atoms with Gasteiger partial charge in [0, 0.05) is 0 Å². The zero-order valence-electron chi connectivity index (χ0n) is 2.13. The SMILES string of the molecule is Cl.O.O=[O+][O-]. The summed E-state index contributed by atoms with van der Waals surface area (Å²) in [7, 11) is 0. The summed E-state index contributed by atoms with van der Waals surface area (Å²) in [5.74, 6) is 0. The molecule has 5 heavy (non-hydrogen) atoms. The van der Waals surface area contributed by atoms with Crippen LogP contribution in [0.4, 0.5) is 0 Å². The Morgan fingerprint density at radius 3 is 1.60 bits per heavy atom. The third-order valence-electron chi connectivity index (χ3n) is 0. The maximum Gasteiger partial charge on any atom is 0.154 e. The molecule has 34 valence electrons. The Hall–Kier alpha value is -0.350. The van der Waals surface area contributed by atoms with E-state index in [0.29, 0.717) is 0 Å². The lowest BCUT2D eigenvalue weighted by atomic mass is 14.8. The molecule has 0 fully saturated rings. The van der Waals surface area contributed by atoms with Crippen LogP contribution in [-0.2, 0) is 0 Å². The summed E-state index contributed by atoms with van der Waals surface area (Å²) >= 11 is 0. The van der Waals surface area contributed by atoms with Crippen molar-refractivity contribution < 1.29 is 10.7 Å². The Morgan fingerprint density at radius 1 is 1.60 bits per heavy atom. The maximum absolute atomic E-state index is 7.88. The molecule has 0 rings (SSSR count). The minimum Gasteiger partial charge on any atom is -0.412 e. The lowest BCUT2D eigenvalue weighted by molar-refractivity contribution is -0.284. The lowest BCUT2D eigenvalue weighted by Gasteiger charge is -1.19. The summed E-state index contributed by atoms with van der Waals surface area (Å²) < 4.78 is 1.75. The fourth-order valence-corrected chi connectivity index (χ4v) is 0. The molecule has 0 aliphatic heterocycles. The van der Waals surface area contributed by atoms with Crippen molar-refractivity contribution in [2.24, 2.45) is 0 Å². The average Bonchev–Trinajstić information content (AvgIpc) is 0.918. The molecular weight excluding hydrogens is 99.4 g/mol. The van der Waals surface area contributed by atoms with E-state index in [1.807, 2.05) is 0 Å². The first-order valence-corrected chi connectivity index (χ1v) is 0.333. The van der Waals surface area contributed by atoms with E-state index in [1.54, 1.807) is 4.75 Å². The molecular formula is H3ClO4. The van der Waals surface area contributed by atoms with Crippen LogP contribution in [0.5, 0.6) is 0 Å². The summed E-state index contributed by atoms with van der Waals surface area (Å²) in [6.45, 7) is 0. The molecule has 0 bridgehead atoms. The van der Waals surface area contributed by atoms with E-state index in [1.165, 1.54) is 0 Å². The van der Waals surface area contributed by atoms with Gasteiger partial charge in [0.2, 0.25) is 0 Å². The van der Waals surface area contributed by atoms with Crippen LogP contribution >= 0.6 is 12.4 Å². The minimum absolute atomic E-state index is 0. The third kappa shape index (κ3) is 81.1. The second kappa shape index (κ2) is 60.7. The maximum atomic E-state index is 7.88. The second-order valence-electron chi connectivity index (χ2n) is 0.0680. The predicted octanol–water partition coefficient (Wildman–Crippen LogP) is -1.52. The summed E-state index contributed by atoms with van der Waals surface area (Å²) in [4.78, 5) is 7.88. The van der Waals surface area contributed by atoms with Gasteiger partial charge in [-0.2, -0.15) is 0 Å². The molecule has 0 aliphatic rings. The number of rotatable bonds is 0. The van der Waals surface area contributed by atoms with E-state index in [2.05, 4.69) is 0 Å². The van der Waals surface area contributed by atoms with E-state index in [0.717, 1.165) is 0 Å². The summed E-state index contributed by atoms with van der Waals surface area (Å²) in [5.41, 5.74) is 0. The van der Waals surface area contributed by atoms with Crippen LogP contribution in [0, 0.1) is 9.71 Å². The van der Waals surface area contributed by atoms with Gasteiger partial charge >= 0.3 is 0 Å². The van der Waals surface area contributed by atoms with E-state index >= 15 is 0 Å². The number of halogens is 1. The monoisotopic (exact) mass is 102 g/mol. The smallest absolute Gasteiger partial charge is 0.154 e. The molecule has 0 heterocycles. The van der Waals surface area contributed by atoms with Gasteiger partial charge in [-0.05, 0) is 0 Å². The van der Waals surface area contributed by atoms with Gasteiger partial charge in [-0.1, -0.05) is 10.2 Å². The quantitative estimate of drug-likeness (QED) is 0.211. The van der Waals surface area contributed by atoms with Gasteiger partial charge < -0.3 is 5.48 Å². The summed E-state index contributed by atoms with van der Waals surface area (Å²) in [5, 5.41) is 7.88. The summed E-state index contributed by atoms with van der Waals surface area (Å²) in [6, 6.07) is 0. The Kier molecular flexibility index (Phi) is 276. The number of hydrogen-bond acceptors (Lipinski definition) is 2. The van der Waals surface area contributed by atoms with Crippen molar-refractivity contribution in [2.75, 3.05) is 0 Å². The Morgan fingerprint density at radius 2 is 1.60 bits per heavy atom. The molecule has 0 aliphatic carbocycles. The largest absolute Gasteiger partial charge is 0.412 e. The zero-order chi connectivity index (χ0) is 2.71. The molecule has 0 unspecified atom stereocenters. The van der Waals surface area contributed by atoms with Gasteiger partial charge in [-0.15, -0.1) is 12.4 Å². The Balaban J connectivity index is -0.0000000200. The van der Waals surface area contributed by atoms with Crippen molar-refractivity contribution in [3.63, 3.8) is 0 Å². The highest BCUT2D eigenvalue weighted by atomic mass is 35.5. The molecule has 0 radical (unpaired) electrons. The number of hydrogen-bond donors (Lipinski definition) is 0. The van der Waals surface area contributed by atoms with Gasteiger partial charge in [-0.25, -0.2) is 0 Å². The van der Waals surface area contributed by atoms with E-state index in [9.17, 15) is 0 Å². The average molecular weight is 102 g/mol. The van der Waals surface area contributed by atoms with Crippen molar-refractivity contribution in [3.8, 4) is 0 Å². The standard InChI is InChI=1S/ClH.O3.H2O/c;1-3-2;/h1H;;1H2. The molecule has 2 N–H and O–H groups in total. The van der Waals surface area contributed by atoms with Crippen molar-refractivity contribution >= 4 is 12.4 Å². The van der Waals surface area contributed by atoms with Crippen LogP contribution in [0.25, 0.3) is 0 Å². The highest BCUT2D eigenvalue weighted by Gasteiger charge is 1.27. The fraction of sp³-hybridized carbons (Fsp3) is 0.